The molecule has 0 fully saturated rings. The molecule has 8 nitrogen and oxygen atoms in total. The van der Waals surface area contributed by atoms with Crippen molar-refractivity contribution < 1.29 is 19.4 Å². The number of carbonyl (C=O) groups is 1. The lowest BCUT2D eigenvalue weighted by Gasteiger charge is -2.28. The summed E-state index contributed by atoms with van der Waals surface area (Å²) in [5.74, 6) is 0.408. The fraction of sp³-hybridized carbons (Fsp3) is 0.312. The predicted octanol–water partition coefficient (Wildman–Crippen LogP) is 1.84. The van der Waals surface area contributed by atoms with Gasteiger partial charge in [0.15, 0.2) is 11.5 Å². The van der Waals surface area contributed by atoms with Crippen molar-refractivity contribution >= 4 is 11.9 Å². The lowest BCUT2D eigenvalue weighted by Crippen LogP contribution is -2.29. The van der Waals surface area contributed by atoms with E-state index in [1.807, 2.05) is 0 Å². The molecule has 1 atom stereocenters. The van der Waals surface area contributed by atoms with Crippen LogP contribution < -0.4 is 10.1 Å². The van der Waals surface area contributed by atoms with E-state index in [4.69, 9.17) is 9.47 Å². The molecule has 0 unspecified atom stereocenters. The van der Waals surface area contributed by atoms with Crippen LogP contribution in [0.3, 0.4) is 0 Å². The number of aromatic hydroxyl groups is 1. The van der Waals surface area contributed by atoms with Gasteiger partial charge in [0, 0.05) is 5.70 Å². The normalized spacial score (nSPS) is 16.4. The van der Waals surface area contributed by atoms with Crippen molar-refractivity contribution in [3.63, 3.8) is 0 Å². The van der Waals surface area contributed by atoms with Gasteiger partial charge in [-0.05, 0) is 31.5 Å². The Morgan fingerprint density at radius 2 is 2.25 bits per heavy atom. The highest BCUT2D eigenvalue weighted by atomic mass is 16.5. The Kier molecular flexibility index (Phi) is 4.11. The number of phenolic OH excluding ortho intramolecular Hbond substituents is 1. The molecule has 0 amide bonds. The number of anilines is 1. The van der Waals surface area contributed by atoms with Crippen molar-refractivity contribution in [2.24, 2.45) is 0 Å². The first-order chi connectivity index (χ1) is 11.6. The largest absolute Gasteiger partial charge is 0.504 e. The van der Waals surface area contributed by atoms with Gasteiger partial charge in [0.25, 0.3) is 0 Å². The van der Waals surface area contributed by atoms with Gasteiger partial charge in [0.1, 0.15) is 12.4 Å². The highest BCUT2D eigenvalue weighted by Crippen LogP contribution is 2.38. The number of ether oxygens (including phenoxy) is 2. The number of hydrogen-bond acceptors (Lipinski definition) is 7. The maximum absolute atomic E-state index is 12.5. The molecular formula is C16H18N4O4. The van der Waals surface area contributed by atoms with E-state index in [2.05, 4.69) is 15.4 Å². The summed E-state index contributed by atoms with van der Waals surface area (Å²) in [6.45, 7) is 3.79. The zero-order valence-electron chi connectivity index (χ0n) is 13.6. The molecule has 126 valence electrons. The van der Waals surface area contributed by atoms with E-state index in [0.717, 1.165) is 0 Å². The van der Waals surface area contributed by atoms with Crippen LogP contribution in [0.4, 0.5) is 5.95 Å². The molecular weight excluding hydrogens is 312 g/mol. The van der Waals surface area contributed by atoms with Crippen LogP contribution in [-0.4, -0.2) is 39.6 Å². The summed E-state index contributed by atoms with van der Waals surface area (Å²) in [6.07, 6.45) is 1.40. The number of allylic oxidation sites excluding steroid dienone is 1. The lowest BCUT2D eigenvalue weighted by atomic mass is 9.95. The second kappa shape index (κ2) is 6.23. The Morgan fingerprint density at radius 1 is 1.46 bits per heavy atom. The molecule has 2 N–H and O–H groups in total. The van der Waals surface area contributed by atoms with E-state index in [1.54, 1.807) is 36.7 Å². The van der Waals surface area contributed by atoms with Gasteiger partial charge in [-0.2, -0.15) is 10.1 Å². The third kappa shape index (κ3) is 2.55. The first-order valence-corrected chi connectivity index (χ1v) is 7.48. The van der Waals surface area contributed by atoms with Crippen LogP contribution in [0.2, 0.25) is 0 Å². The highest BCUT2D eigenvalue weighted by molar-refractivity contribution is 5.92. The molecule has 2 aromatic rings. The van der Waals surface area contributed by atoms with E-state index in [1.165, 1.54) is 13.4 Å². The summed E-state index contributed by atoms with van der Waals surface area (Å²) in [7, 11) is 1.48. The number of nitrogens with zero attached hydrogens (tertiary/aromatic N) is 3. The molecule has 1 aliphatic rings. The topological polar surface area (TPSA) is 98.5 Å². The van der Waals surface area contributed by atoms with Gasteiger partial charge >= 0.3 is 5.97 Å². The van der Waals surface area contributed by atoms with Crippen LogP contribution in [0.1, 0.15) is 25.5 Å². The van der Waals surface area contributed by atoms with Gasteiger partial charge in [0.2, 0.25) is 5.95 Å². The van der Waals surface area contributed by atoms with Gasteiger partial charge in [-0.1, -0.05) is 6.07 Å². The van der Waals surface area contributed by atoms with Gasteiger partial charge < -0.3 is 19.9 Å². The van der Waals surface area contributed by atoms with Crippen molar-refractivity contribution in [3.8, 4) is 11.5 Å². The van der Waals surface area contributed by atoms with E-state index in [-0.39, 0.29) is 12.4 Å². The molecule has 0 saturated heterocycles. The zero-order valence-corrected chi connectivity index (χ0v) is 13.6. The molecule has 0 spiro atoms. The highest BCUT2D eigenvalue weighted by Gasteiger charge is 2.34. The van der Waals surface area contributed by atoms with Crippen LogP contribution in [0.25, 0.3) is 0 Å². The molecule has 0 aliphatic carbocycles. The quantitative estimate of drug-likeness (QED) is 0.825. The third-order valence-electron chi connectivity index (χ3n) is 3.81. The number of esters is 1. The van der Waals surface area contributed by atoms with Gasteiger partial charge in [-0.25, -0.2) is 9.48 Å². The number of nitrogens with one attached hydrogen (secondary N) is 1. The second-order valence-electron chi connectivity index (χ2n) is 5.25. The summed E-state index contributed by atoms with van der Waals surface area (Å²) in [4.78, 5) is 16.6. The average Bonchev–Trinajstić information content (AvgIpc) is 3.01. The van der Waals surface area contributed by atoms with Crippen molar-refractivity contribution in [1.29, 1.82) is 0 Å². The Morgan fingerprint density at radius 3 is 2.92 bits per heavy atom. The number of methoxy groups -OCH3 is 1. The average molecular weight is 330 g/mol. The van der Waals surface area contributed by atoms with Gasteiger partial charge in [-0.3, -0.25) is 0 Å². The molecule has 8 heteroatoms. The summed E-state index contributed by atoms with van der Waals surface area (Å²) in [6, 6.07) is 4.40. The number of aromatic nitrogens is 3. The monoisotopic (exact) mass is 330 g/mol. The number of rotatable bonds is 4. The van der Waals surface area contributed by atoms with Crippen molar-refractivity contribution in [2.75, 3.05) is 19.0 Å². The lowest BCUT2D eigenvalue weighted by molar-refractivity contribution is -0.139. The smallest absolute Gasteiger partial charge is 0.338 e. The van der Waals surface area contributed by atoms with Gasteiger partial charge in [0.05, 0.1) is 19.3 Å². The number of carbonyl (C=O) groups excluding carboxylic acids is 1. The minimum Gasteiger partial charge on any atom is -0.504 e. The molecule has 2 heterocycles. The number of phenols is 1. The molecule has 1 aromatic carbocycles. The SMILES string of the molecule is CCOC(=O)C1=C(C)Nc2ncnn2[C@@H]1c1ccc(OC)c(O)c1. The van der Waals surface area contributed by atoms with Crippen LogP contribution >= 0.6 is 0 Å². The summed E-state index contributed by atoms with van der Waals surface area (Å²) in [5.41, 5.74) is 1.72. The second-order valence-corrected chi connectivity index (χ2v) is 5.25. The fourth-order valence-electron chi connectivity index (χ4n) is 2.75. The van der Waals surface area contributed by atoms with E-state index in [0.29, 0.717) is 28.5 Å². The minimum absolute atomic E-state index is 0.0175. The summed E-state index contributed by atoms with van der Waals surface area (Å²) in [5, 5.41) is 17.3. The Labute approximate surface area is 138 Å². The van der Waals surface area contributed by atoms with Gasteiger partial charge in [-0.15, -0.1) is 0 Å². The summed E-state index contributed by atoms with van der Waals surface area (Å²) < 4.78 is 11.8. The van der Waals surface area contributed by atoms with Crippen molar-refractivity contribution in [1.82, 2.24) is 14.8 Å². The van der Waals surface area contributed by atoms with E-state index >= 15 is 0 Å². The minimum atomic E-state index is -0.556. The van der Waals surface area contributed by atoms with Crippen molar-refractivity contribution in [3.05, 3.63) is 41.4 Å². The maximum atomic E-state index is 12.5. The number of hydrogen-bond donors (Lipinski definition) is 2. The maximum Gasteiger partial charge on any atom is 0.338 e. The Hall–Kier alpha value is -3.03. The zero-order chi connectivity index (χ0) is 17.3. The standard InChI is InChI=1S/C16H18N4O4/c1-4-24-15(22)13-9(2)19-16-17-8-18-20(16)14(13)10-5-6-12(23-3)11(21)7-10/h5-8,14,21H,4H2,1-3H3,(H,17,18,19)/t14-/m1/s1. The molecule has 0 radical (unpaired) electrons. The first-order valence-electron chi connectivity index (χ1n) is 7.48. The molecule has 0 bridgehead atoms. The summed E-state index contributed by atoms with van der Waals surface area (Å²) >= 11 is 0. The third-order valence-corrected chi connectivity index (χ3v) is 3.81. The van der Waals surface area contributed by atoms with Crippen LogP contribution in [0.15, 0.2) is 35.8 Å². The number of benzene rings is 1. The number of fused-ring (bicyclic) bond motifs is 1. The Balaban J connectivity index is 2.14. The molecule has 1 aliphatic heterocycles. The predicted molar refractivity (Wildman–Crippen MR) is 85.8 cm³/mol. The van der Waals surface area contributed by atoms with E-state index in [9.17, 15) is 9.90 Å². The van der Waals surface area contributed by atoms with E-state index < -0.39 is 12.0 Å². The fourth-order valence-corrected chi connectivity index (χ4v) is 2.75. The van der Waals surface area contributed by atoms with Crippen LogP contribution in [0.5, 0.6) is 11.5 Å². The molecule has 1 aromatic heterocycles. The Bertz CT molecular complexity index is 812. The van der Waals surface area contributed by atoms with Crippen LogP contribution in [-0.2, 0) is 9.53 Å². The van der Waals surface area contributed by atoms with Crippen LogP contribution in [0, 0.1) is 0 Å². The first kappa shape index (κ1) is 15.9. The van der Waals surface area contributed by atoms with Crippen molar-refractivity contribution in [2.45, 2.75) is 19.9 Å². The molecule has 3 rings (SSSR count). The molecule has 24 heavy (non-hydrogen) atoms. The molecule has 0 saturated carbocycles.